The number of benzene rings is 1. The summed E-state index contributed by atoms with van der Waals surface area (Å²) in [5, 5.41) is 12.2. The van der Waals surface area contributed by atoms with Crippen molar-refractivity contribution in [3.63, 3.8) is 0 Å². The zero-order chi connectivity index (χ0) is 12.6. The van der Waals surface area contributed by atoms with E-state index in [1.807, 2.05) is 13.8 Å². The van der Waals surface area contributed by atoms with Crippen molar-refractivity contribution in [1.29, 1.82) is 0 Å². The quantitative estimate of drug-likeness (QED) is 0.770. The Labute approximate surface area is 99.1 Å². The van der Waals surface area contributed by atoms with Crippen LogP contribution in [-0.2, 0) is 0 Å². The van der Waals surface area contributed by atoms with Gasteiger partial charge in [-0.25, -0.2) is 4.79 Å². The van der Waals surface area contributed by atoms with Gasteiger partial charge in [-0.1, -0.05) is 0 Å². The van der Waals surface area contributed by atoms with E-state index in [9.17, 15) is 4.79 Å². The number of carboxylic acids is 1. The van der Waals surface area contributed by atoms with Crippen molar-refractivity contribution in [3.8, 4) is 5.75 Å². The summed E-state index contributed by atoms with van der Waals surface area (Å²) in [5.74, 6) is -0.502. The van der Waals surface area contributed by atoms with Crippen LogP contribution in [0.25, 0.3) is 0 Å². The average Bonchev–Trinajstić information content (AvgIpc) is 2.26. The molecule has 1 heterocycles. The molecule has 2 N–H and O–H groups in total. The van der Waals surface area contributed by atoms with Crippen LogP contribution in [0.4, 0.5) is 11.4 Å². The number of nitrogens with one attached hydrogen (secondary N) is 1. The fourth-order valence-electron chi connectivity index (χ4n) is 1.72. The van der Waals surface area contributed by atoms with Crippen LogP contribution in [0, 0.1) is 0 Å². The highest BCUT2D eigenvalue weighted by molar-refractivity contribution is 5.92. The van der Waals surface area contributed by atoms with E-state index in [4.69, 9.17) is 9.84 Å². The van der Waals surface area contributed by atoms with Crippen molar-refractivity contribution in [2.45, 2.75) is 19.4 Å². The summed E-state index contributed by atoms with van der Waals surface area (Å²) in [6, 6.07) is 2.97. The highest BCUT2D eigenvalue weighted by atomic mass is 16.5. The smallest absolute Gasteiger partial charge is 0.335 e. The van der Waals surface area contributed by atoms with Crippen LogP contribution in [0.5, 0.6) is 5.75 Å². The van der Waals surface area contributed by atoms with Crippen LogP contribution >= 0.6 is 0 Å². The van der Waals surface area contributed by atoms with Gasteiger partial charge in [0.2, 0.25) is 0 Å². The molecule has 0 spiro atoms. The van der Waals surface area contributed by atoms with E-state index < -0.39 is 5.97 Å². The maximum atomic E-state index is 10.9. The molecule has 1 aliphatic heterocycles. The minimum Gasteiger partial charge on any atom is -0.489 e. The Morgan fingerprint density at radius 2 is 2.29 bits per heavy atom. The van der Waals surface area contributed by atoms with E-state index in [1.54, 1.807) is 0 Å². The molecule has 0 bridgehead atoms. The minimum atomic E-state index is -1.01. The molecule has 0 radical (unpaired) electrons. The zero-order valence-electron chi connectivity index (χ0n) is 9.78. The third-order valence-corrected chi connectivity index (χ3v) is 2.55. The number of carboxylic acid groups (broad SMARTS) is 1. The van der Waals surface area contributed by atoms with Gasteiger partial charge in [-0.05, 0) is 32.7 Å². The van der Waals surface area contributed by atoms with E-state index in [0.717, 1.165) is 0 Å². The maximum Gasteiger partial charge on any atom is 0.335 e. The summed E-state index contributed by atoms with van der Waals surface area (Å²) in [4.78, 5) is 14.8. The Morgan fingerprint density at radius 1 is 1.59 bits per heavy atom. The molecule has 90 valence electrons. The second-order valence-electron chi connectivity index (χ2n) is 4.63. The van der Waals surface area contributed by atoms with Gasteiger partial charge in [-0.3, -0.25) is 4.99 Å². The summed E-state index contributed by atoms with van der Waals surface area (Å²) in [7, 11) is 0. The second kappa shape index (κ2) is 3.76. The molecule has 1 aliphatic rings. The molecular formula is C12H14N2O3. The first kappa shape index (κ1) is 11.4. The molecule has 0 saturated carbocycles. The first-order valence-electron chi connectivity index (χ1n) is 5.22. The molecule has 17 heavy (non-hydrogen) atoms. The van der Waals surface area contributed by atoms with Crippen molar-refractivity contribution in [1.82, 2.24) is 0 Å². The average molecular weight is 234 g/mol. The van der Waals surface area contributed by atoms with Crippen molar-refractivity contribution in [3.05, 3.63) is 17.7 Å². The highest BCUT2D eigenvalue weighted by Gasteiger charge is 2.28. The SMILES string of the molecule is C=Nc1cc(C(=O)O)cc2c1NC(C)(C)CO2. The van der Waals surface area contributed by atoms with E-state index >= 15 is 0 Å². The normalized spacial score (nSPS) is 16.4. The van der Waals surface area contributed by atoms with Crippen molar-refractivity contribution >= 4 is 24.1 Å². The predicted molar refractivity (Wildman–Crippen MR) is 65.8 cm³/mol. The van der Waals surface area contributed by atoms with Gasteiger partial charge in [-0.2, -0.15) is 0 Å². The summed E-state index contributed by atoms with van der Waals surface area (Å²) in [6.45, 7) is 7.91. The lowest BCUT2D eigenvalue weighted by Crippen LogP contribution is -2.41. The lowest BCUT2D eigenvalue weighted by molar-refractivity contribution is 0.0696. The zero-order valence-corrected chi connectivity index (χ0v) is 9.78. The number of nitrogens with zero attached hydrogens (tertiary/aromatic N) is 1. The van der Waals surface area contributed by atoms with E-state index in [1.165, 1.54) is 12.1 Å². The van der Waals surface area contributed by atoms with Gasteiger partial charge in [-0.15, -0.1) is 0 Å². The minimum absolute atomic E-state index is 0.146. The van der Waals surface area contributed by atoms with Gasteiger partial charge in [0.05, 0.1) is 16.8 Å². The van der Waals surface area contributed by atoms with Gasteiger partial charge in [0.1, 0.15) is 18.0 Å². The van der Waals surface area contributed by atoms with E-state index in [2.05, 4.69) is 17.0 Å². The number of anilines is 1. The monoisotopic (exact) mass is 234 g/mol. The summed E-state index contributed by atoms with van der Waals surface area (Å²) < 4.78 is 5.56. The van der Waals surface area contributed by atoms with E-state index in [0.29, 0.717) is 23.7 Å². The molecule has 2 rings (SSSR count). The van der Waals surface area contributed by atoms with E-state index in [-0.39, 0.29) is 11.1 Å². The molecule has 0 amide bonds. The second-order valence-corrected chi connectivity index (χ2v) is 4.63. The third kappa shape index (κ3) is 2.08. The summed E-state index contributed by atoms with van der Waals surface area (Å²) in [6.07, 6.45) is 0. The molecule has 0 unspecified atom stereocenters. The number of hydrogen-bond acceptors (Lipinski definition) is 4. The lowest BCUT2D eigenvalue weighted by Gasteiger charge is -2.34. The van der Waals surface area contributed by atoms with Crippen LogP contribution in [0.1, 0.15) is 24.2 Å². The topological polar surface area (TPSA) is 70.9 Å². The van der Waals surface area contributed by atoms with Crippen molar-refractivity contribution in [2.75, 3.05) is 11.9 Å². The number of aliphatic imine (C=N–C) groups is 1. The van der Waals surface area contributed by atoms with Gasteiger partial charge < -0.3 is 15.2 Å². The van der Waals surface area contributed by atoms with Crippen LogP contribution in [0.15, 0.2) is 17.1 Å². The fourth-order valence-corrected chi connectivity index (χ4v) is 1.72. The molecule has 0 aliphatic carbocycles. The lowest BCUT2D eigenvalue weighted by atomic mass is 10.0. The van der Waals surface area contributed by atoms with Gasteiger partial charge >= 0.3 is 5.97 Å². The Bertz CT molecular complexity index is 495. The van der Waals surface area contributed by atoms with Gasteiger partial charge in [0, 0.05) is 0 Å². The standard InChI is InChI=1S/C12H14N2O3/c1-12(2)6-17-9-5-7(11(15)16)4-8(13-3)10(9)14-12/h4-5,14H,3,6H2,1-2H3,(H,15,16). The van der Waals surface area contributed by atoms with Gasteiger partial charge in [0.15, 0.2) is 0 Å². The first-order chi connectivity index (χ1) is 7.93. The molecule has 0 aromatic heterocycles. The molecule has 0 atom stereocenters. The summed E-state index contributed by atoms with van der Waals surface area (Å²) >= 11 is 0. The molecule has 0 saturated heterocycles. The molecule has 5 heteroatoms. The largest absolute Gasteiger partial charge is 0.489 e. The Morgan fingerprint density at radius 3 is 2.88 bits per heavy atom. The van der Waals surface area contributed by atoms with Crippen LogP contribution in [0.3, 0.4) is 0 Å². The number of carbonyl (C=O) groups is 1. The van der Waals surface area contributed by atoms with Crippen molar-refractivity contribution < 1.29 is 14.6 Å². The molecule has 5 nitrogen and oxygen atoms in total. The van der Waals surface area contributed by atoms with Crippen LogP contribution in [0.2, 0.25) is 0 Å². The first-order valence-corrected chi connectivity index (χ1v) is 5.22. The Kier molecular flexibility index (Phi) is 2.53. The number of fused-ring (bicyclic) bond motifs is 1. The third-order valence-electron chi connectivity index (χ3n) is 2.55. The molecule has 0 fully saturated rings. The molecular weight excluding hydrogens is 220 g/mol. The fraction of sp³-hybridized carbons (Fsp3) is 0.333. The number of rotatable bonds is 2. The highest BCUT2D eigenvalue weighted by Crippen LogP contribution is 2.41. The van der Waals surface area contributed by atoms with Crippen LogP contribution < -0.4 is 10.1 Å². The predicted octanol–water partition coefficient (Wildman–Crippen LogP) is 2.30. The maximum absolute atomic E-state index is 10.9. The van der Waals surface area contributed by atoms with Gasteiger partial charge in [0.25, 0.3) is 0 Å². The molecule has 1 aromatic carbocycles. The Hall–Kier alpha value is -2.04. The number of aromatic carboxylic acids is 1. The number of ether oxygens (including phenoxy) is 1. The molecule has 1 aromatic rings. The summed E-state index contributed by atoms with van der Waals surface area (Å²) in [5.41, 5.74) is 1.12. The van der Waals surface area contributed by atoms with Crippen LogP contribution in [-0.4, -0.2) is 29.9 Å². The number of hydrogen-bond donors (Lipinski definition) is 2. The van der Waals surface area contributed by atoms with Crippen molar-refractivity contribution in [2.24, 2.45) is 4.99 Å². The Balaban J connectivity index is 2.55.